The molecular formula is C5H7O2. The van der Waals surface area contributed by atoms with Crippen molar-refractivity contribution in [1.29, 1.82) is 0 Å². The van der Waals surface area contributed by atoms with Crippen LogP contribution in [-0.4, -0.2) is 10.9 Å². The highest BCUT2D eigenvalue weighted by atomic mass is 16.3. The Morgan fingerprint density at radius 1 is 1.86 bits per heavy atom. The third kappa shape index (κ3) is 5.21. The fourth-order valence-electron chi connectivity index (χ4n) is 0.233. The van der Waals surface area contributed by atoms with Crippen molar-refractivity contribution in [2.45, 2.75) is 6.92 Å². The second kappa shape index (κ2) is 2.39. The van der Waals surface area contributed by atoms with Crippen molar-refractivity contribution >= 4 is 5.78 Å². The Kier molecular flexibility index (Phi) is 2.12. The normalized spacial score (nSPS) is 11.4. The Morgan fingerprint density at radius 2 is 2.29 bits per heavy atom. The van der Waals surface area contributed by atoms with Crippen LogP contribution in [0.2, 0.25) is 0 Å². The number of allylic oxidation sites excluding steroid dienone is 2. The highest BCUT2D eigenvalue weighted by Crippen LogP contribution is 1.81. The maximum absolute atomic E-state index is 9.91. The van der Waals surface area contributed by atoms with E-state index in [1.807, 2.05) is 0 Å². The molecule has 0 aromatic heterocycles. The van der Waals surface area contributed by atoms with Crippen LogP contribution in [0.5, 0.6) is 0 Å². The molecule has 0 rings (SSSR count). The minimum Gasteiger partial charge on any atom is -0.512 e. The van der Waals surface area contributed by atoms with Crippen molar-refractivity contribution in [3.63, 3.8) is 0 Å². The SMILES string of the molecule is [CH2]C(=O)/C=C(/C)O. The smallest absolute Gasteiger partial charge is 0.159 e. The van der Waals surface area contributed by atoms with E-state index < -0.39 is 0 Å². The van der Waals surface area contributed by atoms with Gasteiger partial charge in [-0.3, -0.25) is 4.79 Å². The van der Waals surface area contributed by atoms with Gasteiger partial charge in [0.1, 0.15) is 0 Å². The minimum absolute atomic E-state index is 0.000000000000000222. The fraction of sp³-hybridized carbons (Fsp3) is 0.200. The number of aliphatic hydroxyl groups excluding tert-OH is 1. The second-order valence-electron chi connectivity index (χ2n) is 1.25. The maximum atomic E-state index is 9.91. The average molecular weight is 99.1 g/mol. The third-order valence-electron chi connectivity index (χ3n) is 0.370. The van der Waals surface area contributed by atoms with Gasteiger partial charge in [-0.1, -0.05) is 0 Å². The molecule has 39 valence electrons. The van der Waals surface area contributed by atoms with Gasteiger partial charge in [-0.15, -0.1) is 0 Å². The maximum Gasteiger partial charge on any atom is 0.159 e. The molecule has 1 N–H and O–H groups in total. The second-order valence-corrected chi connectivity index (χ2v) is 1.25. The van der Waals surface area contributed by atoms with Crippen molar-refractivity contribution in [3.05, 3.63) is 18.8 Å². The first-order valence-corrected chi connectivity index (χ1v) is 1.86. The predicted octanol–water partition coefficient (Wildman–Crippen LogP) is 0.851. The Bertz CT molecular complexity index is 98.6. The van der Waals surface area contributed by atoms with Gasteiger partial charge >= 0.3 is 0 Å². The summed E-state index contributed by atoms with van der Waals surface area (Å²) < 4.78 is 0. The molecule has 0 unspecified atom stereocenters. The lowest BCUT2D eigenvalue weighted by Crippen LogP contribution is -1.83. The number of aliphatic hydroxyl groups is 1. The molecule has 0 atom stereocenters. The summed E-state index contributed by atoms with van der Waals surface area (Å²) in [5.74, 6) is -0.375. The largest absolute Gasteiger partial charge is 0.512 e. The first-order chi connectivity index (χ1) is 3.13. The van der Waals surface area contributed by atoms with E-state index in [0.29, 0.717) is 0 Å². The van der Waals surface area contributed by atoms with Gasteiger partial charge in [-0.25, -0.2) is 0 Å². The van der Waals surface area contributed by atoms with E-state index in [2.05, 4.69) is 6.92 Å². The van der Waals surface area contributed by atoms with Gasteiger partial charge in [0.05, 0.1) is 5.76 Å². The first kappa shape index (κ1) is 6.21. The fourth-order valence-corrected chi connectivity index (χ4v) is 0.233. The van der Waals surface area contributed by atoms with Crippen LogP contribution >= 0.6 is 0 Å². The summed E-state index contributed by atoms with van der Waals surface area (Å²) in [4.78, 5) is 9.91. The van der Waals surface area contributed by atoms with E-state index in [0.717, 1.165) is 6.08 Å². The van der Waals surface area contributed by atoms with Crippen molar-refractivity contribution in [2.75, 3.05) is 0 Å². The quantitative estimate of drug-likeness (QED) is 0.391. The zero-order valence-corrected chi connectivity index (χ0v) is 4.14. The highest BCUT2D eigenvalue weighted by Gasteiger charge is 1.83. The van der Waals surface area contributed by atoms with Crippen LogP contribution in [-0.2, 0) is 4.79 Å². The van der Waals surface area contributed by atoms with Gasteiger partial charge in [0.15, 0.2) is 5.78 Å². The van der Waals surface area contributed by atoms with Crippen LogP contribution < -0.4 is 0 Å². The molecule has 7 heavy (non-hydrogen) atoms. The van der Waals surface area contributed by atoms with Crippen LogP contribution in [0.3, 0.4) is 0 Å². The van der Waals surface area contributed by atoms with Gasteiger partial charge in [0.25, 0.3) is 0 Å². The molecule has 1 radical (unpaired) electrons. The lowest BCUT2D eigenvalue weighted by atomic mass is 10.4. The van der Waals surface area contributed by atoms with E-state index in [9.17, 15) is 4.79 Å². The molecule has 0 aliphatic carbocycles. The monoisotopic (exact) mass is 99.0 g/mol. The summed E-state index contributed by atoms with van der Waals surface area (Å²) in [5.41, 5.74) is 0. The lowest BCUT2D eigenvalue weighted by molar-refractivity contribution is -0.110. The summed E-state index contributed by atoms with van der Waals surface area (Å²) in [6.07, 6.45) is 1.06. The van der Waals surface area contributed by atoms with Crippen LogP contribution in [0.15, 0.2) is 11.8 Å². The minimum atomic E-state index is -0.375. The van der Waals surface area contributed by atoms with Crippen LogP contribution in [0, 0.1) is 6.92 Å². The molecule has 0 amide bonds. The molecule has 0 spiro atoms. The Hall–Kier alpha value is -0.790. The molecule has 0 aromatic carbocycles. The van der Waals surface area contributed by atoms with Crippen molar-refractivity contribution < 1.29 is 9.90 Å². The Morgan fingerprint density at radius 3 is 2.29 bits per heavy atom. The molecule has 2 heteroatoms. The Balaban J connectivity index is 3.68. The summed E-state index contributed by atoms with van der Waals surface area (Å²) in [6.45, 7) is 4.42. The van der Waals surface area contributed by atoms with Gasteiger partial charge in [0.2, 0.25) is 0 Å². The van der Waals surface area contributed by atoms with E-state index in [-0.39, 0.29) is 11.5 Å². The standard InChI is InChI=1S/C5H7O2/c1-4(6)3-5(2)7/h3,7H,1H2,2H3/b5-3-. The molecule has 0 aliphatic heterocycles. The molecular weight excluding hydrogens is 92.1 g/mol. The number of hydrogen-bond acceptors (Lipinski definition) is 2. The number of rotatable bonds is 1. The summed E-state index contributed by atoms with van der Waals surface area (Å²) >= 11 is 0. The van der Waals surface area contributed by atoms with E-state index >= 15 is 0 Å². The highest BCUT2D eigenvalue weighted by molar-refractivity contribution is 5.93. The zero-order valence-electron chi connectivity index (χ0n) is 4.14. The molecule has 0 saturated heterocycles. The van der Waals surface area contributed by atoms with E-state index in [1.54, 1.807) is 0 Å². The van der Waals surface area contributed by atoms with Gasteiger partial charge in [0, 0.05) is 13.0 Å². The molecule has 0 aromatic rings. The van der Waals surface area contributed by atoms with Gasteiger partial charge < -0.3 is 5.11 Å². The molecule has 0 bridgehead atoms. The summed E-state index contributed by atoms with van der Waals surface area (Å²) in [5, 5.41) is 8.32. The average Bonchev–Trinajstić information content (AvgIpc) is 1.27. The van der Waals surface area contributed by atoms with Crippen LogP contribution in [0.25, 0.3) is 0 Å². The Labute approximate surface area is 42.5 Å². The van der Waals surface area contributed by atoms with Gasteiger partial charge in [-0.05, 0) is 6.92 Å². The van der Waals surface area contributed by atoms with Crippen molar-refractivity contribution in [1.82, 2.24) is 0 Å². The molecule has 0 heterocycles. The summed E-state index contributed by atoms with van der Waals surface area (Å²) in [6, 6.07) is 0. The molecule has 0 saturated carbocycles. The van der Waals surface area contributed by atoms with Gasteiger partial charge in [-0.2, -0.15) is 0 Å². The number of hydrogen-bond donors (Lipinski definition) is 1. The zero-order chi connectivity index (χ0) is 5.86. The summed E-state index contributed by atoms with van der Waals surface area (Å²) in [7, 11) is 0. The number of carbonyl (C=O) groups excluding carboxylic acids is 1. The van der Waals surface area contributed by atoms with Crippen molar-refractivity contribution in [2.24, 2.45) is 0 Å². The number of ketones is 1. The topological polar surface area (TPSA) is 37.3 Å². The van der Waals surface area contributed by atoms with Crippen LogP contribution in [0.1, 0.15) is 6.92 Å². The molecule has 2 nitrogen and oxygen atoms in total. The predicted molar refractivity (Wildman–Crippen MR) is 26.7 cm³/mol. The van der Waals surface area contributed by atoms with Crippen LogP contribution in [0.4, 0.5) is 0 Å². The van der Waals surface area contributed by atoms with E-state index in [4.69, 9.17) is 5.11 Å². The molecule has 0 aliphatic rings. The van der Waals surface area contributed by atoms with Crippen molar-refractivity contribution in [3.8, 4) is 0 Å². The molecule has 0 fully saturated rings. The first-order valence-electron chi connectivity index (χ1n) is 1.86. The lowest BCUT2D eigenvalue weighted by Gasteiger charge is -1.80. The van der Waals surface area contributed by atoms with E-state index in [1.165, 1.54) is 6.92 Å². The third-order valence-corrected chi connectivity index (χ3v) is 0.370. The number of carbonyl (C=O) groups is 1.